The molecule has 0 saturated carbocycles. The summed E-state index contributed by atoms with van der Waals surface area (Å²) in [6.07, 6.45) is 1.50. The maximum atomic E-state index is 8.68. The Labute approximate surface area is 225 Å². The van der Waals surface area contributed by atoms with Crippen molar-refractivity contribution < 1.29 is 31.2 Å². The molecule has 0 atom stereocenters. The number of carbonyl (C=O) groups excluding carboxylic acids is 1. The van der Waals surface area contributed by atoms with Crippen molar-refractivity contribution in [2.45, 2.75) is 18.9 Å². The van der Waals surface area contributed by atoms with Crippen molar-refractivity contribution >= 4 is 42.8 Å². The molecule has 1 aromatic heterocycles. The van der Waals surface area contributed by atoms with Crippen LogP contribution in [0, 0.1) is 20.2 Å². The second-order valence-corrected chi connectivity index (χ2v) is 8.80. The topological polar surface area (TPSA) is 69.8 Å². The average Bonchev–Trinajstić information content (AvgIpc) is 2.89. The van der Waals surface area contributed by atoms with E-state index in [-0.39, 0.29) is 17.1 Å². The second-order valence-electron chi connectivity index (χ2n) is 6.16. The molecule has 0 aliphatic rings. The van der Waals surface area contributed by atoms with Gasteiger partial charge in [-0.25, -0.2) is 0 Å². The van der Waals surface area contributed by atoms with Crippen molar-refractivity contribution in [2.24, 2.45) is 0 Å². The zero-order valence-electron chi connectivity index (χ0n) is 19.3. The fourth-order valence-electron chi connectivity index (χ4n) is 2.70. The van der Waals surface area contributed by atoms with Crippen LogP contribution in [0.25, 0.3) is 0 Å². The van der Waals surface area contributed by atoms with Crippen molar-refractivity contribution in [1.82, 2.24) is 4.98 Å². The number of hydrogen-bond acceptors (Lipinski definition) is 3. The van der Waals surface area contributed by atoms with Crippen LogP contribution < -0.4 is 15.9 Å². The Balaban J connectivity index is 0. The van der Waals surface area contributed by atoms with E-state index in [4.69, 9.17) is 26.7 Å². The molecule has 0 unspecified atom stereocenters. The van der Waals surface area contributed by atoms with E-state index in [9.17, 15) is 0 Å². The maximum Gasteiger partial charge on any atom is 2.00 e. The minimum atomic E-state index is -0.446. The second kappa shape index (κ2) is 22.9. The standard InChI is InChI=1S/C18H15P.C6H7NS.C2H3O.2CO.Fe/c1-4-10-16(11-5-1)19(17-12-6-2-7-13-17)18-14-8-3-9-15-18;1-5-3-2-4-6(8)7-5;1-2-3;2*1-2;/h1-15H;2-4H,1H3,(H,7,8);1H3;;;/q;;-1;;;+2/p-1. The normalized spacial score (nSPS) is 8.31. The molecular weight excluding hydrogens is 517 g/mol. The SMILES string of the molecule is C[C-]=O.Cc1cccc([S-])n1.[C-]#[O+].[C-]#[O+].[Fe+2].c1ccc(P(c2ccccc2)c2ccccc2)cc1. The van der Waals surface area contributed by atoms with Crippen molar-refractivity contribution in [3.8, 4) is 0 Å². The first-order valence-electron chi connectivity index (χ1n) is 9.91. The van der Waals surface area contributed by atoms with Crippen LogP contribution >= 0.6 is 7.92 Å². The van der Waals surface area contributed by atoms with E-state index in [1.54, 1.807) is 0 Å². The van der Waals surface area contributed by atoms with Gasteiger partial charge < -0.3 is 17.4 Å². The van der Waals surface area contributed by atoms with Gasteiger partial charge in [-0.05, 0) is 36.8 Å². The van der Waals surface area contributed by atoms with Crippen LogP contribution in [0.1, 0.15) is 12.6 Å². The number of hydrogen-bond donors (Lipinski definition) is 0. The summed E-state index contributed by atoms with van der Waals surface area (Å²) in [5.74, 6) is 0. The molecule has 0 amide bonds. The van der Waals surface area contributed by atoms with Crippen molar-refractivity contribution in [3.05, 3.63) is 128 Å². The van der Waals surface area contributed by atoms with Crippen LogP contribution in [0.4, 0.5) is 0 Å². The quantitative estimate of drug-likeness (QED) is 0.123. The van der Waals surface area contributed by atoms with Gasteiger partial charge in [-0.1, -0.05) is 108 Å². The minimum Gasteiger partial charge on any atom is -0.0622 e. The summed E-state index contributed by atoms with van der Waals surface area (Å²) in [6.45, 7) is 12.2. The van der Waals surface area contributed by atoms with Gasteiger partial charge in [-0.15, -0.1) is 0 Å². The molecule has 0 saturated heterocycles. The Morgan fingerprint density at radius 1 is 0.686 bits per heavy atom. The summed E-state index contributed by atoms with van der Waals surface area (Å²) in [7, 11) is -0.446. The predicted octanol–water partition coefficient (Wildman–Crippen LogP) is 4.78. The van der Waals surface area contributed by atoms with Crippen molar-refractivity contribution in [2.75, 3.05) is 0 Å². The van der Waals surface area contributed by atoms with Crippen LogP contribution in [-0.4, -0.2) is 11.3 Å². The molecule has 1 heterocycles. The van der Waals surface area contributed by atoms with Crippen molar-refractivity contribution in [1.29, 1.82) is 0 Å². The first-order chi connectivity index (χ1) is 16.7. The molecule has 35 heavy (non-hydrogen) atoms. The molecule has 0 aliphatic heterocycles. The number of nitrogens with zero attached hydrogens (tertiary/aromatic N) is 1. The van der Waals surface area contributed by atoms with Crippen molar-refractivity contribution in [3.63, 3.8) is 0 Å². The predicted molar refractivity (Wildman–Crippen MR) is 139 cm³/mol. The van der Waals surface area contributed by atoms with E-state index in [1.165, 1.54) is 29.1 Å². The summed E-state index contributed by atoms with van der Waals surface area (Å²) in [6, 6.07) is 38.0. The average molecular weight is 541 g/mol. The third-order valence-electron chi connectivity index (χ3n) is 3.91. The van der Waals surface area contributed by atoms with E-state index >= 15 is 0 Å². The zero-order chi connectivity index (χ0) is 25.6. The van der Waals surface area contributed by atoms with Gasteiger partial charge >= 0.3 is 39.7 Å². The molecular formula is C28H24FeNO3PS. The van der Waals surface area contributed by atoms with Crippen LogP contribution in [0.3, 0.4) is 0 Å². The Kier molecular flexibility index (Phi) is 22.4. The Bertz CT molecular complexity index is 978. The molecule has 0 N–H and O–H groups in total. The first kappa shape index (κ1) is 34.3. The summed E-state index contributed by atoms with van der Waals surface area (Å²) < 4.78 is 15.0. The molecule has 3 aromatic carbocycles. The van der Waals surface area contributed by atoms with Crippen LogP contribution in [0.2, 0.25) is 0 Å². The summed E-state index contributed by atoms with van der Waals surface area (Å²) >= 11 is 4.79. The Morgan fingerprint density at radius 3 is 1.23 bits per heavy atom. The fraction of sp³-hybridized carbons (Fsp3) is 0.0714. The third kappa shape index (κ3) is 14.2. The fourth-order valence-corrected chi connectivity index (χ4v) is 5.22. The minimum absolute atomic E-state index is 0. The van der Waals surface area contributed by atoms with Gasteiger partial charge in [0.05, 0.1) is 0 Å². The number of benzene rings is 3. The van der Waals surface area contributed by atoms with Gasteiger partial charge in [0.15, 0.2) is 0 Å². The Morgan fingerprint density at radius 2 is 1.00 bits per heavy atom. The van der Waals surface area contributed by atoms with E-state index in [1.807, 2.05) is 25.1 Å². The molecule has 0 fully saturated rings. The van der Waals surface area contributed by atoms with Gasteiger partial charge in [0.2, 0.25) is 0 Å². The molecule has 4 nitrogen and oxygen atoms in total. The number of aryl methyl sites for hydroxylation is 1. The van der Waals surface area contributed by atoms with Gasteiger partial charge in [0, 0.05) is 5.69 Å². The number of rotatable bonds is 3. The summed E-state index contributed by atoms with van der Waals surface area (Å²) in [4.78, 5) is 12.7. The molecule has 0 bridgehead atoms. The van der Waals surface area contributed by atoms with Gasteiger partial charge in [-0.2, -0.15) is 6.92 Å². The molecule has 0 aliphatic carbocycles. The largest absolute Gasteiger partial charge is 2.00 e. The van der Waals surface area contributed by atoms with Gasteiger partial charge in [0.1, 0.15) is 0 Å². The molecule has 7 heteroatoms. The van der Waals surface area contributed by atoms with E-state index in [2.05, 4.69) is 109 Å². The summed E-state index contributed by atoms with van der Waals surface area (Å²) in [5, 5.41) is 4.87. The first-order valence-corrected chi connectivity index (χ1v) is 11.7. The number of pyridine rings is 1. The van der Waals surface area contributed by atoms with Gasteiger partial charge in [0.25, 0.3) is 0 Å². The monoisotopic (exact) mass is 541 g/mol. The van der Waals surface area contributed by atoms with E-state index in [0.29, 0.717) is 5.03 Å². The van der Waals surface area contributed by atoms with Crippen LogP contribution in [-0.2, 0) is 43.8 Å². The smallest absolute Gasteiger partial charge is 0.0622 e. The van der Waals surface area contributed by atoms with Gasteiger partial charge in [-0.3, -0.25) is 11.3 Å². The zero-order valence-corrected chi connectivity index (χ0v) is 22.1. The van der Waals surface area contributed by atoms with Crippen LogP contribution in [0.15, 0.2) is 114 Å². The van der Waals surface area contributed by atoms with Crippen LogP contribution in [0.5, 0.6) is 0 Å². The maximum absolute atomic E-state index is 8.68. The number of aromatic nitrogens is 1. The third-order valence-corrected chi connectivity index (χ3v) is 6.58. The molecule has 4 aromatic rings. The molecule has 0 spiro atoms. The molecule has 178 valence electrons. The molecule has 0 radical (unpaired) electrons. The van der Waals surface area contributed by atoms with E-state index < -0.39 is 7.92 Å². The van der Waals surface area contributed by atoms with E-state index in [0.717, 1.165) is 5.69 Å². The Hall–Kier alpha value is -2.87. The molecule has 4 rings (SSSR count). The summed E-state index contributed by atoms with van der Waals surface area (Å²) in [5.41, 5.74) is 0.984.